The minimum atomic E-state index is -0.152. The van der Waals surface area contributed by atoms with E-state index >= 15 is 0 Å². The number of fused-ring (bicyclic) bond motifs is 3. The van der Waals surface area contributed by atoms with Gasteiger partial charge in [-0.05, 0) is 62.6 Å². The van der Waals surface area contributed by atoms with Gasteiger partial charge in [0.05, 0.1) is 18.9 Å². The van der Waals surface area contributed by atoms with Crippen LogP contribution in [-0.2, 0) is 4.74 Å². The van der Waals surface area contributed by atoms with Crippen LogP contribution in [0.1, 0.15) is 48.3 Å². The summed E-state index contributed by atoms with van der Waals surface area (Å²) < 4.78 is 13.0. The normalized spacial score (nSPS) is 25.0. The number of imidazole rings is 1. The van der Waals surface area contributed by atoms with E-state index < -0.39 is 0 Å². The molecule has 0 spiro atoms. The summed E-state index contributed by atoms with van der Waals surface area (Å²) >= 11 is 0. The maximum absolute atomic E-state index is 13.2. The van der Waals surface area contributed by atoms with E-state index in [1.807, 2.05) is 48.8 Å². The van der Waals surface area contributed by atoms with Crippen LogP contribution in [-0.4, -0.2) is 46.6 Å². The molecule has 168 valence electrons. The quantitative estimate of drug-likeness (QED) is 0.656. The Hall–Kier alpha value is -2.93. The second-order valence-electron chi connectivity index (χ2n) is 9.09. The Morgan fingerprint density at radius 3 is 2.66 bits per heavy atom. The first-order valence-electron chi connectivity index (χ1n) is 11.4. The highest BCUT2D eigenvalue weighted by Gasteiger charge is 2.41. The maximum atomic E-state index is 13.2. The van der Waals surface area contributed by atoms with Crippen molar-refractivity contribution in [3.05, 3.63) is 48.0 Å². The average molecular weight is 435 g/mol. The van der Waals surface area contributed by atoms with E-state index in [1.165, 1.54) is 19.3 Å². The van der Waals surface area contributed by atoms with Crippen LogP contribution in [0, 0.1) is 18.8 Å². The summed E-state index contributed by atoms with van der Waals surface area (Å²) in [5, 5.41) is 3.25. The van der Waals surface area contributed by atoms with Crippen LogP contribution in [0.15, 0.2) is 36.7 Å². The molecule has 2 saturated carbocycles. The van der Waals surface area contributed by atoms with Crippen molar-refractivity contribution in [3.8, 4) is 17.0 Å². The minimum Gasteiger partial charge on any atom is -0.497 e. The van der Waals surface area contributed by atoms with Gasteiger partial charge >= 0.3 is 0 Å². The Balaban J connectivity index is 1.41. The zero-order valence-electron chi connectivity index (χ0n) is 18.9. The van der Waals surface area contributed by atoms with E-state index in [2.05, 4.69) is 10.3 Å². The topological polar surface area (TPSA) is 77.8 Å². The summed E-state index contributed by atoms with van der Waals surface area (Å²) in [6.45, 7) is 1.99. The Labute approximate surface area is 188 Å². The Morgan fingerprint density at radius 2 is 1.94 bits per heavy atom. The van der Waals surface area contributed by atoms with Gasteiger partial charge in [0.15, 0.2) is 11.3 Å². The minimum absolute atomic E-state index is 0.152. The largest absolute Gasteiger partial charge is 0.497 e. The van der Waals surface area contributed by atoms with E-state index in [0.717, 1.165) is 35.5 Å². The van der Waals surface area contributed by atoms with Gasteiger partial charge in [0.25, 0.3) is 5.91 Å². The summed E-state index contributed by atoms with van der Waals surface area (Å²) in [4.78, 5) is 22.5. The summed E-state index contributed by atoms with van der Waals surface area (Å²) in [5.74, 6) is 1.67. The zero-order chi connectivity index (χ0) is 22.2. The van der Waals surface area contributed by atoms with Gasteiger partial charge in [-0.15, -0.1) is 0 Å². The van der Waals surface area contributed by atoms with Crippen LogP contribution >= 0.6 is 0 Å². The monoisotopic (exact) mass is 434 g/mol. The van der Waals surface area contributed by atoms with Crippen molar-refractivity contribution in [1.29, 1.82) is 0 Å². The molecule has 1 amide bonds. The molecule has 1 aromatic carbocycles. The van der Waals surface area contributed by atoms with Gasteiger partial charge in [-0.3, -0.25) is 9.20 Å². The van der Waals surface area contributed by atoms with Crippen molar-refractivity contribution in [3.63, 3.8) is 0 Å². The molecule has 5 rings (SSSR count). The number of methoxy groups -OCH3 is 2. The van der Waals surface area contributed by atoms with E-state index in [4.69, 9.17) is 14.5 Å². The zero-order valence-corrected chi connectivity index (χ0v) is 18.9. The molecular weight excluding hydrogens is 404 g/mol. The van der Waals surface area contributed by atoms with E-state index in [1.54, 1.807) is 13.4 Å². The van der Waals surface area contributed by atoms with Crippen LogP contribution in [0.3, 0.4) is 0 Å². The van der Waals surface area contributed by atoms with Gasteiger partial charge in [-0.1, -0.05) is 18.6 Å². The van der Waals surface area contributed by atoms with Gasteiger partial charge in [0.1, 0.15) is 12.1 Å². The molecule has 2 aliphatic carbocycles. The van der Waals surface area contributed by atoms with Gasteiger partial charge in [-0.25, -0.2) is 9.97 Å². The molecule has 2 heterocycles. The van der Waals surface area contributed by atoms with Crippen LogP contribution < -0.4 is 10.1 Å². The fourth-order valence-electron chi connectivity index (χ4n) is 5.65. The fraction of sp³-hybridized carbons (Fsp3) is 0.480. The van der Waals surface area contributed by atoms with Crippen molar-refractivity contribution >= 4 is 11.6 Å². The lowest BCUT2D eigenvalue weighted by atomic mass is 9.68. The molecule has 2 fully saturated rings. The first-order valence-corrected chi connectivity index (χ1v) is 11.4. The summed E-state index contributed by atoms with van der Waals surface area (Å²) in [5.41, 5.74) is 3.64. The number of aryl methyl sites for hydroxylation is 1. The summed E-state index contributed by atoms with van der Waals surface area (Å²) in [6.07, 6.45) is 7.57. The molecule has 0 radical (unpaired) electrons. The third-order valence-electron chi connectivity index (χ3n) is 7.14. The fourth-order valence-corrected chi connectivity index (χ4v) is 5.65. The number of aromatic nitrogens is 3. The number of carbonyl (C=O) groups is 1. The third kappa shape index (κ3) is 3.75. The predicted octanol–water partition coefficient (Wildman–Crippen LogP) is 4.04. The van der Waals surface area contributed by atoms with Crippen LogP contribution in [0.4, 0.5) is 0 Å². The molecular formula is C25H30N4O3. The first kappa shape index (κ1) is 20.9. The molecule has 1 N–H and O–H groups in total. The van der Waals surface area contributed by atoms with Crippen LogP contribution in [0.5, 0.6) is 5.75 Å². The van der Waals surface area contributed by atoms with Gasteiger partial charge in [0, 0.05) is 24.4 Å². The molecule has 0 saturated heterocycles. The predicted molar refractivity (Wildman–Crippen MR) is 122 cm³/mol. The summed E-state index contributed by atoms with van der Waals surface area (Å²) in [7, 11) is 3.47. The van der Waals surface area contributed by atoms with Crippen LogP contribution in [0.2, 0.25) is 0 Å². The van der Waals surface area contributed by atoms with E-state index in [9.17, 15) is 4.79 Å². The van der Waals surface area contributed by atoms with Gasteiger partial charge in [0.2, 0.25) is 0 Å². The lowest BCUT2D eigenvalue weighted by Crippen LogP contribution is -2.49. The number of nitrogens with one attached hydrogen (secondary N) is 1. The molecule has 2 aromatic heterocycles. The molecule has 2 aliphatic rings. The van der Waals surface area contributed by atoms with Crippen molar-refractivity contribution in [1.82, 2.24) is 19.7 Å². The highest BCUT2D eigenvalue weighted by atomic mass is 16.5. The maximum Gasteiger partial charge on any atom is 0.274 e. The smallest absolute Gasteiger partial charge is 0.274 e. The number of hydrogen-bond donors (Lipinski definition) is 1. The highest BCUT2D eigenvalue weighted by molar-refractivity contribution is 5.98. The third-order valence-corrected chi connectivity index (χ3v) is 7.14. The molecule has 7 nitrogen and oxygen atoms in total. The van der Waals surface area contributed by atoms with Crippen molar-refractivity contribution in [2.75, 3.05) is 14.2 Å². The first-order chi connectivity index (χ1) is 15.6. The number of nitrogens with zero attached hydrogens (tertiary/aromatic N) is 3. The number of carbonyl (C=O) groups excluding carboxylic acids is 1. The van der Waals surface area contributed by atoms with Crippen LogP contribution in [0.25, 0.3) is 16.9 Å². The standard InChI is InChI=1S/C25H30N4O3/c1-15-10-21(16-6-5-9-20(13-16)31-2)28-24-22(26-14-29(15)24)25(30)27-19-11-17-7-4-8-18(12-19)23(17)32-3/h5-6,9-10,13-14,17-19,23H,4,7-8,11-12H2,1-3H3,(H,27,30)/t17-,18+,19?,23?. The van der Waals surface area contributed by atoms with Crippen molar-refractivity contribution < 1.29 is 14.3 Å². The average Bonchev–Trinajstić information content (AvgIpc) is 3.23. The molecule has 7 heteroatoms. The Kier molecular flexibility index (Phi) is 5.59. The highest BCUT2D eigenvalue weighted by Crippen LogP contribution is 2.41. The number of benzene rings is 1. The van der Waals surface area contributed by atoms with Crippen molar-refractivity contribution in [2.45, 2.75) is 51.2 Å². The van der Waals surface area contributed by atoms with Gasteiger partial charge < -0.3 is 14.8 Å². The summed E-state index contributed by atoms with van der Waals surface area (Å²) in [6, 6.07) is 9.93. The number of ether oxygens (including phenoxy) is 2. The van der Waals surface area contributed by atoms with Crippen molar-refractivity contribution in [2.24, 2.45) is 11.8 Å². The lowest BCUT2D eigenvalue weighted by Gasteiger charge is -2.45. The lowest BCUT2D eigenvalue weighted by molar-refractivity contribution is -0.0533. The molecule has 2 unspecified atom stereocenters. The molecule has 0 aliphatic heterocycles. The Morgan fingerprint density at radius 1 is 1.16 bits per heavy atom. The molecule has 2 bridgehead atoms. The Bertz CT molecular complexity index is 1130. The van der Waals surface area contributed by atoms with E-state index in [-0.39, 0.29) is 11.9 Å². The molecule has 3 aromatic rings. The number of rotatable bonds is 5. The van der Waals surface area contributed by atoms with Gasteiger partial charge in [-0.2, -0.15) is 0 Å². The number of amides is 1. The second kappa shape index (κ2) is 8.54. The molecule has 32 heavy (non-hydrogen) atoms. The second-order valence-corrected chi connectivity index (χ2v) is 9.09. The number of hydrogen-bond acceptors (Lipinski definition) is 5. The molecule has 4 atom stereocenters. The SMILES string of the molecule is COc1cccc(-c2cc(C)n3cnc(C(=O)NC4C[C@H]5CCC[C@@H](C4)C5OC)c3n2)c1. The van der Waals surface area contributed by atoms with E-state index in [0.29, 0.717) is 29.3 Å².